The highest BCUT2D eigenvalue weighted by Crippen LogP contribution is 2.23. The summed E-state index contributed by atoms with van der Waals surface area (Å²) in [5.74, 6) is 3.67. The number of ether oxygens (including phenoxy) is 1. The van der Waals surface area contributed by atoms with Crippen LogP contribution < -0.4 is 10.6 Å². The fourth-order valence-electron chi connectivity index (χ4n) is 2.01. The molecule has 2 aliphatic rings. The Morgan fingerprint density at radius 2 is 2.41 bits per heavy atom. The lowest BCUT2D eigenvalue weighted by atomic mass is 10.1. The molecule has 1 amide bonds. The first-order valence-electron chi connectivity index (χ1n) is 6.09. The highest BCUT2D eigenvalue weighted by atomic mass is 32.2. The van der Waals surface area contributed by atoms with Gasteiger partial charge in [-0.1, -0.05) is 0 Å². The minimum Gasteiger partial charge on any atom is -0.375 e. The van der Waals surface area contributed by atoms with Crippen molar-refractivity contribution >= 4 is 29.4 Å². The molecule has 0 aromatic heterocycles. The lowest BCUT2D eigenvalue weighted by Crippen LogP contribution is -2.56. The average Bonchev–Trinajstić information content (AvgIpc) is 2.38. The van der Waals surface area contributed by atoms with E-state index in [9.17, 15) is 4.79 Å². The van der Waals surface area contributed by atoms with Gasteiger partial charge in [-0.25, -0.2) is 0 Å². The molecule has 4 nitrogen and oxygen atoms in total. The van der Waals surface area contributed by atoms with Crippen LogP contribution in [0.3, 0.4) is 0 Å². The molecule has 17 heavy (non-hydrogen) atoms. The van der Waals surface area contributed by atoms with Gasteiger partial charge in [0.15, 0.2) is 0 Å². The van der Waals surface area contributed by atoms with E-state index in [2.05, 4.69) is 10.6 Å². The third kappa shape index (κ3) is 4.05. The third-order valence-corrected chi connectivity index (χ3v) is 5.83. The van der Waals surface area contributed by atoms with E-state index in [0.717, 1.165) is 18.8 Å². The first-order valence-corrected chi connectivity index (χ1v) is 8.30. The molecule has 3 atom stereocenters. The summed E-state index contributed by atoms with van der Waals surface area (Å²) in [5.41, 5.74) is 0. The molecule has 6 heteroatoms. The summed E-state index contributed by atoms with van der Waals surface area (Å²) < 4.78 is 5.47. The van der Waals surface area contributed by atoms with Gasteiger partial charge >= 0.3 is 0 Å². The van der Waals surface area contributed by atoms with Crippen molar-refractivity contribution in [2.75, 3.05) is 37.0 Å². The van der Waals surface area contributed by atoms with Gasteiger partial charge in [-0.3, -0.25) is 4.79 Å². The van der Waals surface area contributed by atoms with Crippen molar-refractivity contribution in [3.8, 4) is 0 Å². The number of morpholine rings is 1. The van der Waals surface area contributed by atoms with E-state index >= 15 is 0 Å². The van der Waals surface area contributed by atoms with E-state index in [4.69, 9.17) is 4.74 Å². The van der Waals surface area contributed by atoms with Crippen LogP contribution >= 0.6 is 23.5 Å². The highest BCUT2D eigenvalue weighted by Gasteiger charge is 2.28. The molecule has 0 spiro atoms. The fraction of sp³-hybridized carbons (Fsp3) is 0.909. The first kappa shape index (κ1) is 13.5. The second-order valence-corrected chi connectivity index (χ2v) is 6.88. The van der Waals surface area contributed by atoms with Crippen molar-refractivity contribution in [2.45, 2.75) is 24.3 Å². The Bertz CT molecular complexity index is 260. The molecule has 0 saturated carbocycles. The van der Waals surface area contributed by atoms with Gasteiger partial charge in [0.25, 0.3) is 0 Å². The summed E-state index contributed by atoms with van der Waals surface area (Å²) in [6, 6.07) is -0.190. The molecular formula is C11H20N2O2S2. The predicted octanol–water partition coefficient (Wildman–Crippen LogP) is 0.328. The highest BCUT2D eigenvalue weighted by molar-refractivity contribution is 8.06. The van der Waals surface area contributed by atoms with Gasteiger partial charge in [0.2, 0.25) is 5.91 Å². The molecular weight excluding hydrogens is 256 g/mol. The third-order valence-electron chi connectivity index (χ3n) is 2.99. The summed E-state index contributed by atoms with van der Waals surface area (Å²) in [6.45, 7) is 4.18. The van der Waals surface area contributed by atoms with E-state index < -0.39 is 0 Å². The molecule has 2 rings (SSSR count). The maximum Gasteiger partial charge on any atom is 0.239 e. The Morgan fingerprint density at radius 3 is 3.12 bits per heavy atom. The molecule has 2 fully saturated rings. The number of nitrogens with one attached hydrogen (secondary N) is 2. The first-order chi connectivity index (χ1) is 8.27. The van der Waals surface area contributed by atoms with Crippen LogP contribution in [0.2, 0.25) is 0 Å². The lowest BCUT2D eigenvalue weighted by Gasteiger charge is -2.30. The summed E-state index contributed by atoms with van der Waals surface area (Å²) >= 11 is 3.94. The van der Waals surface area contributed by atoms with Gasteiger partial charge < -0.3 is 15.4 Å². The minimum atomic E-state index is -0.190. The van der Waals surface area contributed by atoms with Crippen molar-refractivity contribution in [1.29, 1.82) is 0 Å². The molecule has 98 valence electrons. The van der Waals surface area contributed by atoms with Gasteiger partial charge in [0.05, 0.1) is 12.7 Å². The standard InChI is InChI=1S/C11H20N2O2S2/c1-8-10(12-2-3-15-8)11(14)13-6-9-7-16-4-5-17-9/h8-10,12H,2-7H2,1H3,(H,13,14)/t8-,9?,10+/m1/s1. The number of amides is 1. The number of hydrogen-bond donors (Lipinski definition) is 2. The number of hydrogen-bond acceptors (Lipinski definition) is 5. The number of carbonyl (C=O) groups excluding carboxylic acids is 1. The Balaban J connectivity index is 1.72. The molecule has 2 N–H and O–H groups in total. The molecule has 0 radical (unpaired) electrons. The summed E-state index contributed by atoms with van der Waals surface area (Å²) in [4.78, 5) is 12.0. The molecule has 0 aromatic carbocycles. The second kappa shape index (κ2) is 6.87. The van der Waals surface area contributed by atoms with Crippen molar-refractivity contribution in [3.63, 3.8) is 0 Å². The topological polar surface area (TPSA) is 50.4 Å². The van der Waals surface area contributed by atoms with E-state index in [-0.39, 0.29) is 18.1 Å². The normalized spacial score (nSPS) is 34.3. The van der Waals surface area contributed by atoms with Crippen LogP contribution in [0.5, 0.6) is 0 Å². The van der Waals surface area contributed by atoms with Crippen LogP contribution in [0.1, 0.15) is 6.92 Å². The van der Waals surface area contributed by atoms with Crippen molar-refractivity contribution < 1.29 is 9.53 Å². The number of rotatable bonds is 3. The van der Waals surface area contributed by atoms with Gasteiger partial charge in [-0.15, -0.1) is 0 Å². The van der Waals surface area contributed by atoms with Gasteiger partial charge in [0, 0.05) is 35.6 Å². The van der Waals surface area contributed by atoms with Crippen molar-refractivity contribution in [3.05, 3.63) is 0 Å². The minimum absolute atomic E-state index is 0.0304. The van der Waals surface area contributed by atoms with E-state index in [0.29, 0.717) is 11.9 Å². The zero-order valence-electron chi connectivity index (χ0n) is 10.1. The van der Waals surface area contributed by atoms with Gasteiger partial charge in [0.1, 0.15) is 6.04 Å². The molecule has 2 saturated heterocycles. The quantitative estimate of drug-likeness (QED) is 0.778. The van der Waals surface area contributed by atoms with E-state index in [1.54, 1.807) is 0 Å². The fourth-order valence-corrected chi connectivity index (χ4v) is 4.62. The summed E-state index contributed by atoms with van der Waals surface area (Å²) in [6.07, 6.45) is -0.0304. The van der Waals surface area contributed by atoms with Crippen LogP contribution in [-0.2, 0) is 9.53 Å². The monoisotopic (exact) mass is 276 g/mol. The molecule has 0 bridgehead atoms. The number of thioether (sulfide) groups is 2. The second-order valence-electron chi connectivity index (χ2n) is 4.32. The summed E-state index contributed by atoms with van der Waals surface area (Å²) in [7, 11) is 0. The van der Waals surface area contributed by atoms with Gasteiger partial charge in [-0.05, 0) is 6.92 Å². The average molecular weight is 276 g/mol. The number of carbonyl (C=O) groups is 1. The Hall–Kier alpha value is 0.0900. The van der Waals surface area contributed by atoms with Crippen molar-refractivity contribution in [1.82, 2.24) is 10.6 Å². The van der Waals surface area contributed by atoms with E-state index in [1.807, 2.05) is 30.4 Å². The van der Waals surface area contributed by atoms with Crippen LogP contribution in [0, 0.1) is 0 Å². The van der Waals surface area contributed by atoms with Crippen LogP contribution in [0.25, 0.3) is 0 Å². The molecule has 2 heterocycles. The maximum atomic E-state index is 12.0. The zero-order valence-corrected chi connectivity index (χ0v) is 11.7. The molecule has 0 aliphatic carbocycles. The van der Waals surface area contributed by atoms with Crippen LogP contribution in [0.15, 0.2) is 0 Å². The Morgan fingerprint density at radius 1 is 1.53 bits per heavy atom. The Kier molecular flexibility index (Phi) is 5.47. The zero-order chi connectivity index (χ0) is 12.1. The lowest BCUT2D eigenvalue weighted by molar-refractivity contribution is -0.128. The maximum absolute atomic E-state index is 12.0. The SMILES string of the molecule is C[C@H]1OCCN[C@@H]1C(=O)NCC1CSCCS1. The molecule has 2 aliphatic heterocycles. The van der Waals surface area contributed by atoms with Crippen LogP contribution in [0.4, 0.5) is 0 Å². The van der Waals surface area contributed by atoms with E-state index in [1.165, 1.54) is 11.5 Å². The van der Waals surface area contributed by atoms with Crippen molar-refractivity contribution in [2.24, 2.45) is 0 Å². The smallest absolute Gasteiger partial charge is 0.239 e. The molecule has 1 unspecified atom stereocenters. The predicted molar refractivity (Wildman–Crippen MR) is 73.8 cm³/mol. The van der Waals surface area contributed by atoms with Crippen LogP contribution in [-0.4, -0.2) is 60.3 Å². The Labute approximate surface area is 111 Å². The molecule has 0 aromatic rings. The van der Waals surface area contributed by atoms with Gasteiger partial charge in [-0.2, -0.15) is 23.5 Å². The summed E-state index contributed by atoms with van der Waals surface area (Å²) in [5, 5.41) is 6.81. The largest absolute Gasteiger partial charge is 0.375 e.